The van der Waals surface area contributed by atoms with Gasteiger partial charge in [-0.25, -0.2) is 0 Å². The van der Waals surface area contributed by atoms with Crippen molar-refractivity contribution in [3.63, 3.8) is 0 Å². The van der Waals surface area contributed by atoms with Crippen molar-refractivity contribution >= 4 is 11.4 Å². The topological polar surface area (TPSA) is 52.0 Å². The molecule has 4 N–H and O–H groups in total. The number of rotatable bonds is 14. The highest BCUT2D eigenvalue weighted by Gasteiger charge is 2.15. The lowest BCUT2D eigenvalue weighted by molar-refractivity contribution is 0.650. The minimum atomic E-state index is 0.415. The highest BCUT2D eigenvalue weighted by Crippen LogP contribution is 2.32. The van der Waals surface area contributed by atoms with Gasteiger partial charge in [0, 0.05) is 23.2 Å². The summed E-state index contributed by atoms with van der Waals surface area (Å²) in [7, 11) is 0. The molecule has 0 radical (unpaired) electrons. The first-order valence-electron chi connectivity index (χ1n) is 16.5. The fourth-order valence-electron chi connectivity index (χ4n) is 6.31. The van der Waals surface area contributed by atoms with E-state index in [4.69, 9.17) is 11.5 Å². The van der Waals surface area contributed by atoms with Crippen molar-refractivity contribution in [1.29, 1.82) is 0 Å². The summed E-state index contributed by atoms with van der Waals surface area (Å²) in [6, 6.07) is 44.5. The summed E-state index contributed by atoms with van der Waals surface area (Å²) in [5.41, 5.74) is 24.4. The van der Waals surface area contributed by atoms with Gasteiger partial charge in [0.25, 0.3) is 0 Å². The lowest BCUT2D eigenvalue weighted by Gasteiger charge is -2.19. The first kappa shape index (κ1) is 31.1. The van der Waals surface area contributed by atoms with Gasteiger partial charge in [0.2, 0.25) is 0 Å². The molecular weight excluding hydrogens is 532 g/mol. The first-order valence-corrected chi connectivity index (χ1v) is 16.5. The van der Waals surface area contributed by atoms with E-state index in [1.165, 1.54) is 70.2 Å². The number of hydrogen-bond donors (Lipinski definition) is 2. The Labute approximate surface area is 265 Å². The van der Waals surface area contributed by atoms with Crippen LogP contribution in [0.4, 0.5) is 11.4 Å². The minimum absolute atomic E-state index is 0.415. The molecule has 2 atom stereocenters. The normalized spacial score (nSPS) is 12.6. The first-order chi connectivity index (χ1) is 21.5. The molecule has 0 spiro atoms. The van der Waals surface area contributed by atoms with Gasteiger partial charge < -0.3 is 11.5 Å². The Morgan fingerprint density at radius 2 is 0.636 bits per heavy atom. The van der Waals surface area contributed by atoms with Gasteiger partial charge >= 0.3 is 0 Å². The Balaban J connectivity index is 1.21. The molecule has 44 heavy (non-hydrogen) atoms. The third-order valence-corrected chi connectivity index (χ3v) is 8.97. The van der Waals surface area contributed by atoms with Crippen molar-refractivity contribution in [3.8, 4) is 0 Å². The zero-order valence-electron chi connectivity index (χ0n) is 26.5. The van der Waals surface area contributed by atoms with E-state index in [-0.39, 0.29) is 0 Å². The number of anilines is 2. The van der Waals surface area contributed by atoms with Crippen LogP contribution in [0.3, 0.4) is 0 Å². The second-order valence-electron chi connectivity index (χ2n) is 12.4. The van der Waals surface area contributed by atoms with Gasteiger partial charge in [-0.3, -0.25) is 0 Å². The molecule has 0 fully saturated rings. The van der Waals surface area contributed by atoms with Gasteiger partial charge in [-0.05, 0) is 94.5 Å². The zero-order chi connectivity index (χ0) is 30.7. The fourth-order valence-corrected chi connectivity index (χ4v) is 6.31. The van der Waals surface area contributed by atoms with E-state index in [1.54, 1.807) is 0 Å². The lowest BCUT2D eigenvalue weighted by Crippen LogP contribution is -2.02. The molecule has 0 heterocycles. The summed E-state index contributed by atoms with van der Waals surface area (Å²) in [6.07, 6.45) is 9.05. The maximum Gasteiger partial charge on any atom is 0.0314 e. The predicted molar refractivity (Wildman–Crippen MR) is 189 cm³/mol. The van der Waals surface area contributed by atoms with Crippen molar-refractivity contribution < 1.29 is 0 Å². The molecule has 0 aromatic heterocycles. The Bertz CT molecular complexity index is 1430. The van der Waals surface area contributed by atoms with Crippen LogP contribution in [0.15, 0.2) is 121 Å². The molecule has 0 bridgehead atoms. The van der Waals surface area contributed by atoms with Crippen molar-refractivity contribution in [3.05, 3.63) is 166 Å². The maximum atomic E-state index is 5.95. The Hall–Kier alpha value is -4.30. The molecule has 0 saturated heterocycles. The van der Waals surface area contributed by atoms with E-state index in [0.717, 1.165) is 37.1 Å². The highest BCUT2D eigenvalue weighted by atomic mass is 14.5. The van der Waals surface area contributed by atoms with Gasteiger partial charge in [-0.2, -0.15) is 0 Å². The molecule has 2 unspecified atom stereocenters. The molecule has 2 heteroatoms. The van der Waals surface area contributed by atoms with E-state index in [1.807, 2.05) is 24.3 Å². The summed E-state index contributed by atoms with van der Waals surface area (Å²) in [5.74, 6) is 0.829. The second-order valence-corrected chi connectivity index (χ2v) is 12.4. The molecule has 0 aliphatic rings. The maximum absolute atomic E-state index is 5.95. The Morgan fingerprint density at radius 3 is 0.909 bits per heavy atom. The van der Waals surface area contributed by atoms with Gasteiger partial charge in [0.1, 0.15) is 0 Å². The van der Waals surface area contributed by atoms with Gasteiger partial charge in [-0.1, -0.05) is 137 Å². The molecule has 0 aliphatic carbocycles. The van der Waals surface area contributed by atoms with Gasteiger partial charge in [0.05, 0.1) is 0 Å². The highest BCUT2D eigenvalue weighted by molar-refractivity contribution is 5.45. The van der Waals surface area contributed by atoms with Crippen molar-refractivity contribution in [2.45, 2.75) is 77.0 Å². The van der Waals surface area contributed by atoms with Crippen molar-refractivity contribution in [1.82, 2.24) is 0 Å². The molecule has 0 amide bonds. The van der Waals surface area contributed by atoms with E-state index < -0.39 is 0 Å². The fraction of sp³-hybridized carbons (Fsp3) is 0.286. The molecule has 5 aromatic carbocycles. The third kappa shape index (κ3) is 8.41. The van der Waals surface area contributed by atoms with Crippen LogP contribution in [0.1, 0.15) is 109 Å². The van der Waals surface area contributed by atoms with E-state index >= 15 is 0 Å². The van der Waals surface area contributed by atoms with E-state index in [0.29, 0.717) is 11.8 Å². The molecule has 2 nitrogen and oxygen atoms in total. The third-order valence-electron chi connectivity index (χ3n) is 8.97. The molecular formula is C42H48N2. The number of unbranched alkanes of at least 4 members (excludes halogenated alkanes) is 2. The van der Waals surface area contributed by atoms with Gasteiger partial charge in [-0.15, -0.1) is 0 Å². The van der Waals surface area contributed by atoms with Crippen molar-refractivity contribution in [2.24, 2.45) is 0 Å². The molecule has 0 aliphatic heterocycles. The average molecular weight is 581 g/mol. The smallest absolute Gasteiger partial charge is 0.0314 e. The second kappa shape index (κ2) is 15.4. The number of nitrogens with two attached hydrogens (primary N) is 2. The van der Waals surface area contributed by atoms with Crippen LogP contribution < -0.4 is 11.5 Å². The molecule has 226 valence electrons. The molecule has 0 saturated carbocycles. The van der Waals surface area contributed by atoms with Crippen molar-refractivity contribution in [2.75, 3.05) is 11.5 Å². The predicted octanol–water partition coefficient (Wildman–Crippen LogP) is 10.7. The number of benzene rings is 5. The van der Waals surface area contributed by atoms with E-state index in [9.17, 15) is 0 Å². The largest absolute Gasteiger partial charge is 0.399 e. The summed E-state index contributed by atoms with van der Waals surface area (Å²) >= 11 is 0. The minimum Gasteiger partial charge on any atom is -0.399 e. The quantitative estimate of drug-likeness (QED) is 0.128. The summed E-state index contributed by atoms with van der Waals surface area (Å²) < 4.78 is 0. The Morgan fingerprint density at radius 1 is 0.386 bits per heavy atom. The Kier molecular flexibility index (Phi) is 10.9. The van der Waals surface area contributed by atoms with Crippen LogP contribution >= 0.6 is 0 Å². The number of nitrogen functional groups attached to an aromatic ring is 2. The monoisotopic (exact) mass is 580 g/mol. The zero-order valence-corrected chi connectivity index (χ0v) is 26.5. The summed E-state index contributed by atoms with van der Waals surface area (Å²) in [5, 5.41) is 0. The van der Waals surface area contributed by atoms with Crippen LogP contribution in [0.2, 0.25) is 0 Å². The standard InChI is InChI=1S/C42H48N2/c1-3-5-7-41(37-21-25-39(43)26-22-37)35-17-13-33(14-18-35)29-31-9-11-32(12-10-31)30-34-15-19-36(20-16-34)42(8-6-4-2)38-23-27-40(44)28-24-38/h9-28,41-42H,3-8,29-30,43-44H2,1-2H3. The SMILES string of the molecule is CCCCC(c1ccc(N)cc1)c1ccc(Cc2ccc(Cc3ccc(C(CCCC)c4ccc(N)cc4)cc3)cc2)cc1. The van der Waals surface area contributed by atoms with Crippen LogP contribution in [0.5, 0.6) is 0 Å². The number of hydrogen-bond acceptors (Lipinski definition) is 2. The van der Waals surface area contributed by atoms with Crippen LogP contribution in [-0.2, 0) is 12.8 Å². The molecule has 5 aromatic rings. The van der Waals surface area contributed by atoms with Crippen LogP contribution in [0, 0.1) is 0 Å². The summed E-state index contributed by atoms with van der Waals surface area (Å²) in [6.45, 7) is 4.52. The van der Waals surface area contributed by atoms with E-state index in [2.05, 4.69) is 111 Å². The van der Waals surface area contributed by atoms with Crippen LogP contribution in [0.25, 0.3) is 0 Å². The average Bonchev–Trinajstić information content (AvgIpc) is 3.05. The van der Waals surface area contributed by atoms with Crippen LogP contribution in [-0.4, -0.2) is 0 Å². The van der Waals surface area contributed by atoms with Gasteiger partial charge in [0.15, 0.2) is 0 Å². The lowest BCUT2D eigenvalue weighted by atomic mass is 9.86. The summed E-state index contributed by atoms with van der Waals surface area (Å²) in [4.78, 5) is 0. The molecule has 5 rings (SSSR count).